The zero-order valence-electron chi connectivity index (χ0n) is 14.2. The minimum Gasteiger partial charge on any atom is -0.352 e. The molecule has 1 aliphatic heterocycles. The zero-order valence-corrected chi connectivity index (χ0v) is 15.0. The highest BCUT2D eigenvalue weighted by atomic mass is 32.2. The molecule has 1 heterocycles. The van der Waals surface area contributed by atoms with Gasteiger partial charge in [0, 0.05) is 48.8 Å². The molecule has 0 radical (unpaired) electrons. The predicted molar refractivity (Wildman–Crippen MR) is 99.3 cm³/mol. The summed E-state index contributed by atoms with van der Waals surface area (Å²) >= 11 is 1.89. The lowest BCUT2D eigenvalue weighted by Crippen LogP contribution is -2.41. The van der Waals surface area contributed by atoms with E-state index in [-0.39, 0.29) is 24.0 Å². The molecule has 7 heteroatoms. The second-order valence-electron chi connectivity index (χ2n) is 6.16. The third kappa shape index (κ3) is 6.80. The summed E-state index contributed by atoms with van der Waals surface area (Å²) in [5.41, 5.74) is 1.73. The number of nitrogens with one attached hydrogen (secondary N) is 4. The maximum absolute atomic E-state index is 12.0. The Morgan fingerprint density at radius 1 is 1.29 bits per heavy atom. The van der Waals surface area contributed by atoms with E-state index in [1.165, 1.54) is 0 Å². The number of benzene rings is 1. The molecule has 2 rings (SSSR count). The molecule has 1 aromatic rings. The molecule has 1 fully saturated rings. The Labute approximate surface area is 147 Å². The van der Waals surface area contributed by atoms with Crippen molar-refractivity contribution in [2.75, 3.05) is 23.4 Å². The summed E-state index contributed by atoms with van der Waals surface area (Å²) in [5, 5.41) is 11.8. The molecule has 24 heavy (non-hydrogen) atoms. The van der Waals surface area contributed by atoms with Gasteiger partial charge >= 0.3 is 6.03 Å². The Balaban J connectivity index is 1.72. The van der Waals surface area contributed by atoms with Crippen molar-refractivity contribution in [3.8, 4) is 0 Å². The van der Waals surface area contributed by atoms with E-state index in [2.05, 4.69) is 21.3 Å². The lowest BCUT2D eigenvalue weighted by molar-refractivity contribution is -0.121. The van der Waals surface area contributed by atoms with Crippen LogP contribution in [0.5, 0.6) is 0 Å². The number of anilines is 1. The van der Waals surface area contributed by atoms with Gasteiger partial charge in [0.25, 0.3) is 0 Å². The maximum Gasteiger partial charge on any atom is 0.319 e. The van der Waals surface area contributed by atoms with Crippen molar-refractivity contribution in [1.29, 1.82) is 0 Å². The Morgan fingerprint density at radius 2 is 2.04 bits per heavy atom. The van der Waals surface area contributed by atoms with Gasteiger partial charge in [-0.2, -0.15) is 11.8 Å². The molecule has 1 atom stereocenters. The van der Waals surface area contributed by atoms with Crippen molar-refractivity contribution in [2.45, 2.75) is 38.9 Å². The fraction of sp³-hybridized carbons (Fsp3) is 0.529. The van der Waals surface area contributed by atoms with Gasteiger partial charge in [0.15, 0.2) is 0 Å². The second kappa shape index (κ2) is 9.54. The molecule has 0 aromatic heterocycles. The van der Waals surface area contributed by atoms with Crippen molar-refractivity contribution >= 4 is 29.4 Å². The largest absolute Gasteiger partial charge is 0.352 e. The first-order valence-corrected chi connectivity index (χ1v) is 9.42. The predicted octanol–water partition coefficient (Wildman–Crippen LogP) is 1.93. The maximum atomic E-state index is 12.0. The van der Waals surface area contributed by atoms with E-state index in [0.717, 1.165) is 29.3 Å². The molecular formula is C17H26N4O2S. The van der Waals surface area contributed by atoms with Crippen LogP contribution in [0.4, 0.5) is 10.5 Å². The fourth-order valence-corrected chi connectivity index (χ4v) is 3.33. The molecule has 4 N–H and O–H groups in total. The number of carbonyl (C=O) groups excluding carboxylic acids is 2. The number of hydrogen-bond acceptors (Lipinski definition) is 4. The van der Waals surface area contributed by atoms with Crippen LogP contribution >= 0.6 is 11.8 Å². The van der Waals surface area contributed by atoms with Crippen LogP contribution in [0.15, 0.2) is 24.3 Å². The van der Waals surface area contributed by atoms with Crippen LogP contribution in [0, 0.1) is 0 Å². The van der Waals surface area contributed by atoms with Gasteiger partial charge in [0.2, 0.25) is 5.91 Å². The van der Waals surface area contributed by atoms with E-state index in [1.54, 1.807) is 0 Å². The van der Waals surface area contributed by atoms with Crippen LogP contribution in [0.25, 0.3) is 0 Å². The average molecular weight is 350 g/mol. The molecule has 6 nitrogen and oxygen atoms in total. The van der Waals surface area contributed by atoms with Gasteiger partial charge in [-0.25, -0.2) is 4.79 Å². The van der Waals surface area contributed by atoms with Crippen LogP contribution in [0.2, 0.25) is 0 Å². The molecule has 1 unspecified atom stereocenters. The zero-order chi connectivity index (χ0) is 17.4. The van der Waals surface area contributed by atoms with Gasteiger partial charge in [0.1, 0.15) is 0 Å². The average Bonchev–Trinajstić information content (AvgIpc) is 2.54. The van der Waals surface area contributed by atoms with Crippen LogP contribution in [-0.2, 0) is 11.3 Å². The molecule has 0 bridgehead atoms. The van der Waals surface area contributed by atoms with E-state index in [9.17, 15) is 9.59 Å². The summed E-state index contributed by atoms with van der Waals surface area (Å²) in [6.45, 7) is 5.29. The molecule has 0 aliphatic carbocycles. The lowest BCUT2D eigenvalue weighted by Gasteiger charge is -2.22. The van der Waals surface area contributed by atoms with Gasteiger partial charge in [0.05, 0.1) is 0 Å². The number of carbonyl (C=O) groups is 2. The highest BCUT2D eigenvalue weighted by molar-refractivity contribution is 7.99. The van der Waals surface area contributed by atoms with E-state index in [1.807, 2.05) is 49.9 Å². The molecule has 0 spiro atoms. The molecule has 132 valence electrons. The first-order chi connectivity index (χ1) is 11.5. The standard InChI is InChI=1S/C17H26N4O2S/c1-12(2)20-17(23)21-14-5-3-13(4-6-14)10-19-16(22)9-15-11-24-8-7-18-15/h3-6,12,15,18H,7-11H2,1-2H3,(H,19,22)(H2,20,21,23). The monoisotopic (exact) mass is 350 g/mol. The third-order valence-electron chi connectivity index (χ3n) is 3.55. The molecule has 0 saturated carbocycles. The minimum absolute atomic E-state index is 0.0634. The Kier molecular flexibility index (Phi) is 7.39. The summed E-state index contributed by atoms with van der Waals surface area (Å²) in [6.07, 6.45) is 0.516. The van der Waals surface area contributed by atoms with E-state index in [0.29, 0.717) is 13.0 Å². The summed E-state index contributed by atoms with van der Waals surface area (Å²) in [5.74, 6) is 2.17. The van der Waals surface area contributed by atoms with Crippen LogP contribution in [0.1, 0.15) is 25.8 Å². The van der Waals surface area contributed by atoms with Gasteiger partial charge in [-0.05, 0) is 31.5 Å². The molecule has 3 amide bonds. The molecule has 1 saturated heterocycles. The van der Waals surface area contributed by atoms with Gasteiger partial charge in [-0.15, -0.1) is 0 Å². The number of urea groups is 1. The van der Waals surface area contributed by atoms with Crippen molar-refractivity contribution in [3.63, 3.8) is 0 Å². The second-order valence-corrected chi connectivity index (χ2v) is 7.31. The number of hydrogen-bond donors (Lipinski definition) is 4. The quantitative estimate of drug-likeness (QED) is 0.632. The summed E-state index contributed by atoms with van der Waals surface area (Å²) in [7, 11) is 0. The minimum atomic E-state index is -0.219. The van der Waals surface area contributed by atoms with Gasteiger partial charge in [-0.1, -0.05) is 12.1 Å². The Bertz CT molecular complexity index is 542. The van der Waals surface area contributed by atoms with E-state index >= 15 is 0 Å². The van der Waals surface area contributed by atoms with Crippen LogP contribution in [-0.4, -0.2) is 42.1 Å². The topological polar surface area (TPSA) is 82.3 Å². The third-order valence-corrected chi connectivity index (χ3v) is 4.68. The summed E-state index contributed by atoms with van der Waals surface area (Å²) in [6, 6.07) is 7.62. The number of rotatable bonds is 6. The molecular weight excluding hydrogens is 324 g/mol. The lowest BCUT2D eigenvalue weighted by atomic mass is 10.2. The molecule has 1 aliphatic rings. The Hall–Kier alpha value is -1.73. The van der Waals surface area contributed by atoms with E-state index < -0.39 is 0 Å². The number of amides is 3. The first-order valence-electron chi connectivity index (χ1n) is 8.27. The van der Waals surface area contributed by atoms with Crippen molar-refractivity contribution in [1.82, 2.24) is 16.0 Å². The van der Waals surface area contributed by atoms with Crippen molar-refractivity contribution < 1.29 is 9.59 Å². The van der Waals surface area contributed by atoms with Gasteiger partial charge in [-0.3, -0.25) is 4.79 Å². The van der Waals surface area contributed by atoms with Crippen molar-refractivity contribution in [2.24, 2.45) is 0 Å². The van der Waals surface area contributed by atoms with E-state index in [4.69, 9.17) is 0 Å². The van der Waals surface area contributed by atoms with Gasteiger partial charge < -0.3 is 21.3 Å². The van der Waals surface area contributed by atoms with Crippen LogP contribution < -0.4 is 21.3 Å². The smallest absolute Gasteiger partial charge is 0.319 e. The highest BCUT2D eigenvalue weighted by Gasteiger charge is 2.16. The molecule has 1 aromatic carbocycles. The normalized spacial score (nSPS) is 17.4. The van der Waals surface area contributed by atoms with Crippen LogP contribution in [0.3, 0.4) is 0 Å². The SMILES string of the molecule is CC(C)NC(=O)Nc1ccc(CNC(=O)CC2CSCCN2)cc1. The summed E-state index contributed by atoms with van der Waals surface area (Å²) < 4.78 is 0. The fourth-order valence-electron chi connectivity index (χ4n) is 2.38. The first kappa shape index (κ1) is 18.6. The van der Waals surface area contributed by atoms with Crippen molar-refractivity contribution in [3.05, 3.63) is 29.8 Å². The summed E-state index contributed by atoms with van der Waals surface area (Å²) in [4.78, 5) is 23.6. The Morgan fingerprint density at radius 3 is 2.67 bits per heavy atom. The number of thioether (sulfide) groups is 1. The highest BCUT2D eigenvalue weighted by Crippen LogP contribution is 2.11.